The van der Waals surface area contributed by atoms with Crippen LogP contribution in [0.3, 0.4) is 0 Å². The number of allylic oxidation sites excluding steroid dienone is 4. The zero-order valence-electron chi connectivity index (χ0n) is 40.8. The summed E-state index contributed by atoms with van der Waals surface area (Å²) in [5, 5.41) is 1.30. The summed E-state index contributed by atoms with van der Waals surface area (Å²) in [4.78, 5) is 15.0. The maximum absolute atomic E-state index is 9.69. The molecular weight excluding hydrogens is 735 g/mol. The van der Waals surface area contributed by atoms with Gasteiger partial charge in [0.2, 0.25) is 0 Å². The second-order valence-corrected chi connectivity index (χ2v) is 14.7. The molecule has 3 heterocycles. The molecule has 1 aliphatic rings. The van der Waals surface area contributed by atoms with E-state index in [9.17, 15) is 4.11 Å². The molecule has 0 radical (unpaired) electrons. The fraction of sp³-hybridized carbons (Fsp3) is 0.0364. The zero-order valence-corrected chi connectivity index (χ0v) is 31.8. The van der Waals surface area contributed by atoms with E-state index >= 15 is 0 Å². The molecule has 3 aromatic heterocycles. The van der Waals surface area contributed by atoms with Crippen LogP contribution in [0.1, 0.15) is 30.7 Å². The first-order valence-electron chi connectivity index (χ1n) is 24.2. The maximum Gasteiger partial charge on any atom is 0.164 e. The molecule has 5 nitrogen and oxygen atoms in total. The Morgan fingerprint density at radius 1 is 0.467 bits per heavy atom. The highest BCUT2D eigenvalue weighted by molar-refractivity contribution is 6.15. The largest absolute Gasteiger partial charge is 0.456 e. The summed E-state index contributed by atoms with van der Waals surface area (Å²) < 4.78 is 93.4. The number of furan rings is 2. The summed E-state index contributed by atoms with van der Waals surface area (Å²) in [5.41, 5.74) is 7.80. The van der Waals surface area contributed by atoms with Crippen LogP contribution in [0.4, 0.5) is 0 Å². The fourth-order valence-corrected chi connectivity index (χ4v) is 8.13. The predicted octanol–water partition coefficient (Wildman–Crippen LogP) is 14.9. The van der Waals surface area contributed by atoms with Crippen molar-refractivity contribution < 1.29 is 21.2 Å². The van der Waals surface area contributed by atoms with Crippen LogP contribution in [0, 0.1) is 0 Å². The lowest BCUT2D eigenvalue weighted by Crippen LogP contribution is -2.00. The highest BCUT2D eigenvalue weighted by Crippen LogP contribution is 2.40. The van der Waals surface area contributed by atoms with Gasteiger partial charge in [0, 0.05) is 43.6 Å². The third-order valence-electron chi connectivity index (χ3n) is 11.0. The monoisotopic (exact) mass is 778 g/mol. The summed E-state index contributed by atoms with van der Waals surface area (Å²) >= 11 is 0. The van der Waals surface area contributed by atoms with Gasteiger partial charge < -0.3 is 8.83 Å². The average molecular weight is 779 g/mol. The lowest BCUT2D eigenvalue weighted by atomic mass is 9.95. The van der Waals surface area contributed by atoms with E-state index in [0.717, 1.165) is 62.6 Å². The molecule has 0 spiro atoms. The molecule has 60 heavy (non-hydrogen) atoms. The van der Waals surface area contributed by atoms with Gasteiger partial charge in [-0.2, -0.15) is 0 Å². The molecule has 0 N–H and O–H groups in total. The molecule has 0 bridgehead atoms. The standard InChI is InChI=1S/C55H35N3O2/c1-4-13-34(14-5-1)40-29-41(35-15-6-2-7-16-35)31-42(30-40)55-57-53(38-24-26-45-46-27-23-37-19-10-11-20-44(37)52(46)60-49(45)32-38)56-54(58-55)39-25-28-47-50(33-39)59-48-22-12-21-43(51(47)48)36-17-8-3-9-18-36/h1-2,4-8,10-33H,3,9H2/i10D,11D,19D,20D,23D,24D,26D,27D,32D. The Kier molecular flexibility index (Phi) is 6.06. The van der Waals surface area contributed by atoms with Gasteiger partial charge in [0.1, 0.15) is 22.3 Å². The molecule has 8 aromatic carbocycles. The van der Waals surface area contributed by atoms with Crippen molar-refractivity contribution >= 4 is 60.2 Å². The number of hydrogen-bond acceptors (Lipinski definition) is 5. The van der Waals surface area contributed by atoms with Crippen molar-refractivity contribution in [3.8, 4) is 56.4 Å². The van der Waals surface area contributed by atoms with Crippen LogP contribution < -0.4 is 0 Å². The lowest BCUT2D eigenvalue weighted by Gasteiger charge is -2.12. The van der Waals surface area contributed by atoms with Crippen LogP contribution in [-0.2, 0) is 0 Å². The summed E-state index contributed by atoms with van der Waals surface area (Å²) in [6.45, 7) is 0. The quantitative estimate of drug-likeness (QED) is 0.168. The fourth-order valence-electron chi connectivity index (χ4n) is 8.13. The first-order chi connectivity index (χ1) is 33.5. The SMILES string of the molecule is [2H]c1c([2H])c([2H])c2c(c1[2H])c([2H])c([2H])c1c2oc2c([2H])c(-c3nc(-c4cc(-c5ccccc5)cc(-c5ccccc5)c4)nc(-c4ccc5c(c4)oc4cccc(C6=CCCC=C6)c45)n3)c([2H])c([2H])c21. The Morgan fingerprint density at radius 3 is 1.95 bits per heavy atom. The van der Waals surface area contributed by atoms with E-state index in [0.29, 0.717) is 16.7 Å². The molecule has 11 aromatic rings. The van der Waals surface area contributed by atoms with E-state index in [2.05, 4.69) is 30.4 Å². The van der Waals surface area contributed by atoms with Crippen LogP contribution in [0.2, 0.25) is 0 Å². The van der Waals surface area contributed by atoms with Crippen LogP contribution in [-0.4, -0.2) is 15.0 Å². The van der Waals surface area contributed by atoms with Crippen molar-refractivity contribution in [3.05, 3.63) is 193 Å². The van der Waals surface area contributed by atoms with E-state index in [4.69, 9.17) is 32.0 Å². The highest BCUT2D eigenvalue weighted by atomic mass is 16.3. The van der Waals surface area contributed by atoms with Gasteiger partial charge in [-0.1, -0.05) is 133 Å². The number of nitrogens with zero attached hydrogens (tertiary/aromatic N) is 3. The van der Waals surface area contributed by atoms with Gasteiger partial charge >= 0.3 is 0 Å². The molecule has 0 fully saturated rings. The molecule has 0 atom stereocenters. The Labute approximate surface area is 358 Å². The van der Waals surface area contributed by atoms with Gasteiger partial charge in [-0.3, -0.25) is 0 Å². The van der Waals surface area contributed by atoms with Gasteiger partial charge in [0.25, 0.3) is 0 Å². The second kappa shape index (κ2) is 13.9. The van der Waals surface area contributed by atoms with Crippen LogP contribution >= 0.6 is 0 Å². The maximum atomic E-state index is 9.69. The summed E-state index contributed by atoms with van der Waals surface area (Å²) in [5.74, 6) is 0.317. The van der Waals surface area contributed by atoms with Crippen molar-refractivity contribution in [1.82, 2.24) is 15.0 Å². The number of aromatic nitrogens is 3. The lowest BCUT2D eigenvalue weighted by molar-refractivity contribution is 0.669. The van der Waals surface area contributed by atoms with E-state index in [1.165, 1.54) is 0 Å². The molecule has 0 saturated carbocycles. The first kappa shape index (κ1) is 26.2. The Morgan fingerprint density at radius 2 is 1.18 bits per heavy atom. The van der Waals surface area contributed by atoms with Gasteiger partial charge in [-0.05, 0) is 106 Å². The van der Waals surface area contributed by atoms with Crippen molar-refractivity contribution in [2.24, 2.45) is 0 Å². The van der Waals surface area contributed by atoms with Gasteiger partial charge in [-0.15, -0.1) is 0 Å². The minimum atomic E-state index is -0.570. The summed E-state index contributed by atoms with van der Waals surface area (Å²) in [7, 11) is 0. The molecular formula is C55H35N3O2. The van der Waals surface area contributed by atoms with Crippen LogP contribution in [0.5, 0.6) is 0 Å². The van der Waals surface area contributed by atoms with E-state index in [1.54, 1.807) is 0 Å². The topological polar surface area (TPSA) is 65.0 Å². The average Bonchev–Trinajstić information content (AvgIpc) is 3.98. The van der Waals surface area contributed by atoms with Gasteiger partial charge in [0.15, 0.2) is 17.5 Å². The summed E-state index contributed by atoms with van der Waals surface area (Å²) in [6.07, 6.45) is 8.50. The predicted molar refractivity (Wildman–Crippen MR) is 245 cm³/mol. The molecule has 0 amide bonds. The first-order valence-corrected chi connectivity index (χ1v) is 19.7. The van der Waals surface area contributed by atoms with Crippen molar-refractivity contribution in [3.63, 3.8) is 0 Å². The van der Waals surface area contributed by atoms with Crippen LogP contribution in [0.15, 0.2) is 197 Å². The highest BCUT2D eigenvalue weighted by Gasteiger charge is 2.19. The van der Waals surface area contributed by atoms with Gasteiger partial charge in [-0.25, -0.2) is 15.0 Å². The van der Waals surface area contributed by atoms with Gasteiger partial charge in [0.05, 0.1) is 12.3 Å². The van der Waals surface area contributed by atoms with E-state index in [1.807, 2.05) is 103 Å². The molecule has 282 valence electrons. The van der Waals surface area contributed by atoms with Crippen molar-refractivity contribution in [2.45, 2.75) is 12.8 Å². The second-order valence-electron chi connectivity index (χ2n) is 14.7. The smallest absolute Gasteiger partial charge is 0.164 e. The molecule has 5 heteroatoms. The molecule has 0 saturated heterocycles. The summed E-state index contributed by atoms with van der Waals surface area (Å²) in [6, 6.07) is 33.3. The number of benzene rings is 8. The Hall–Kier alpha value is -7.89. The van der Waals surface area contributed by atoms with Crippen LogP contribution in [0.25, 0.3) is 117 Å². The number of fused-ring (bicyclic) bond motifs is 8. The zero-order chi connectivity index (χ0) is 47.4. The van der Waals surface area contributed by atoms with E-state index in [-0.39, 0.29) is 61.8 Å². The molecule has 0 unspecified atom stereocenters. The number of rotatable bonds is 6. The minimum Gasteiger partial charge on any atom is -0.456 e. The molecule has 0 aliphatic heterocycles. The Bertz CT molecular complexity index is 4010. The van der Waals surface area contributed by atoms with Crippen molar-refractivity contribution in [1.29, 1.82) is 0 Å². The van der Waals surface area contributed by atoms with Crippen molar-refractivity contribution in [2.75, 3.05) is 0 Å². The minimum absolute atomic E-state index is 0.103. The third-order valence-corrected chi connectivity index (χ3v) is 11.0. The normalized spacial score (nSPS) is 15.0. The molecule has 1 aliphatic carbocycles. The Balaban J connectivity index is 1.13. The molecule has 12 rings (SSSR count). The third kappa shape index (κ3) is 5.82. The van der Waals surface area contributed by atoms with E-state index < -0.39 is 48.3 Å². The number of hydrogen-bond donors (Lipinski definition) is 0.